The average Bonchev–Trinajstić information content (AvgIpc) is 2.86. The summed E-state index contributed by atoms with van der Waals surface area (Å²) in [6.45, 7) is 5.69. The second kappa shape index (κ2) is 6.43. The summed E-state index contributed by atoms with van der Waals surface area (Å²) in [6.07, 6.45) is 5.62. The minimum Gasteiger partial charge on any atom is -0.305 e. The van der Waals surface area contributed by atoms with Crippen LogP contribution in [0.15, 0.2) is 30.7 Å². The fourth-order valence-corrected chi connectivity index (χ4v) is 2.18. The molecule has 0 radical (unpaired) electrons. The first-order chi connectivity index (χ1) is 9.27. The Kier molecular flexibility index (Phi) is 4.63. The largest absolute Gasteiger partial charge is 0.305 e. The zero-order valence-corrected chi connectivity index (χ0v) is 11.3. The molecule has 0 aliphatic rings. The van der Waals surface area contributed by atoms with Gasteiger partial charge in [0.25, 0.3) is 0 Å². The van der Waals surface area contributed by atoms with Crippen LogP contribution in [0.2, 0.25) is 0 Å². The van der Waals surface area contributed by atoms with Crippen molar-refractivity contribution >= 4 is 0 Å². The minimum absolute atomic E-state index is 0.193. The van der Waals surface area contributed by atoms with Crippen molar-refractivity contribution in [3.05, 3.63) is 47.8 Å². The van der Waals surface area contributed by atoms with Crippen molar-refractivity contribution in [2.24, 2.45) is 0 Å². The third-order valence-electron chi connectivity index (χ3n) is 3.00. The first-order valence-electron chi connectivity index (χ1n) is 6.62. The molecule has 102 valence electrons. The molecule has 2 heterocycles. The average molecular weight is 262 g/mol. The molecular weight excluding hydrogens is 243 g/mol. The first-order valence-corrected chi connectivity index (χ1v) is 6.62. The lowest BCUT2D eigenvalue weighted by Crippen LogP contribution is -2.26. The normalized spacial score (nSPS) is 12.6. The van der Waals surface area contributed by atoms with Crippen LogP contribution in [0.3, 0.4) is 0 Å². The van der Waals surface area contributed by atoms with Crippen LogP contribution < -0.4 is 5.32 Å². The molecule has 0 spiro atoms. The van der Waals surface area contributed by atoms with Gasteiger partial charge in [0, 0.05) is 24.5 Å². The number of halogens is 1. The van der Waals surface area contributed by atoms with E-state index in [9.17, 15) is 4.39 Å². The number of pyridine rings is 1. The highest BCUT2D eigenvalue weighted by atomic mass is 19.1. The smallest absolute Gasteiger partial charge is 0.146 e. The van der Waals surface area contributed by atoms with Crippen molar-refractivity contribution in [2.75, 3.05) is 6.54 Å². The van der Waals surface area contributed by atoms with E-state index < -0.39 is 0 Å². The number of aryl methyl sites for hydroxylation is 1. The van der Waals surface area contributed by atoms with E-state index in [0.717, 1.165) is 25.2 Å². The van der Waals surface area contributed by atoms with Gasteiger partial charge in [0.2, 0.25) is 0 Å². The van der Waals surface area contributed by atoms with Crippen molar-refractivity contribution in [3.63, 3.8) is 0 Å². The summed E-state index contributed by atoms with van der Waals surface area (Å²) in [4.78, 5) is 3.80. The van der Waals surface area contributed by atoms with Crippen molar-refractivity contribution in [1.82, 2.24) is 20.1 Å². The molecule has 0 fully saturated rings. The number of rotatable bonds is 6. The van der Waals surface area contributed by atoms with Gasteiger partial charge >= 0.3 is 0 Å². The lowest BCUT2D eigenvalue weighted by atomic mass is 10.0. The monoisotopic (exact) mass is 262 g/mol. The predicted molar refractivity (Wildman–Crippen MR) is 72.2 cm³/mol. The molecule has 1 atom stereocenters. The minimum atomic E-state index is -0.294. The highest BCUT2D eigenvalue weighted by molar-refractivity contribution is 5.27. The van der Waals surface area contributed by atoms with Crippen LogP contribution in [0.4, 0.5) is 4.39 Å². The molecule has 2 aromatic rings. The van der Waals surface area contributed by atoms with E-state index >= 15 is 0 Å². The third-order valence-corrected chi connectivity index (χ3v) is 3.00. The van der Waals surface area contributed by atoms with Crippen LogP contribution >= 0.6 is 0 Å². The van der Waals surface area contributed by atoms with Crippen LogP contribution in [-0.4, -0.2) is 21.3 Å². The van der Waals surface area contributed by atoms with E-state index in [1.807, 2.05) is 17.7 Å². The van der Waals surface area contributed by atoms with Crippen LogP contribution in [0.25, 0.3) is 0 Å². The Morgan fingerprint density at radius 3 is 2.84 bits per heavy atom. The highest BCUT2D eigenvalue weighted by Gasteiger charge is 2.20. The second-order valence-corrected chi connectivity index (χ2v) is 4.37. The fraction of sp³-hybridized carbons (Fsp3) is 0.429. The van der Waals surface area contributed by atoms with Crippen LogP contribution in [0.1, 0.15) is 37.6 Å². The van der Waals surface area contributed by atoms with Crippen molar-refractivity contribution in [3.8, 4) is 0 Å². The van der Waals surface area contributed by atoms with Gasteiger partial charge in [-0.25, -0.2) is 4.39 Å². The van der Waals surface area contributed by atoms with E-state index in [1.165, 1.54) is 6.20 Å². The maximum absolute atomic E-state index is 13.9. The third kappa shape index (κ3) is 2.98. The van der Waals surface area contributed by atoms with Gasteiger partial charge in [0.15, 0.2) is 0 Å². The molecule has 0 saturated carbocycles. The Morgan fingerprint density at radius 2 is 2.16 bits per heavy atom. The first kappa shape index (κ1) is 13.7. The standard InChI is InChI=1S/C14H19FN4/c1-3-9-19-13(6-8-18-19)14(17-4-2)11-5-7-16-10-12(11)15/h5-8,10,14,17H,3-4,9H2,1-2H3. The SMILES string of the molecule is CCCn1nccc1C(NCC)c1ccncc1F. The Bertz CT molecular complexity index is 524. The summed E-state index contributed by atoms with van der Waals surface area (Å²) in [5, 5.41) is 7.62. The van der Waals surface area contributed by atoms with Gasteiger partial charge in [0.1, 0.15) is 5.82 Å². The zero-order chi connectivity index (χ0) is 13.7. The van der Waals surface area contributed by atoms with Gasteiger partial charge in [-0.05, 0) is 25.1 Å². The molecule has 19 heavy (non-hydrogen) atoms. The van der Waals surface area contributed by atoms with E-state index in [2.05, 4.69) is 22.3 Å². The van der Waals surface area contributed by atoms with E-state index in [0.29, 0.717) is 5.56 Å². The number of nitrogens with one attached hydrogen (secondary N) is 1. The Hall–Kier alpha value is -1.75. The Labute approximate surface area is 112 Å². The van der Waals surface area contributed by atoms with Crippen molar-refractivity contribution in [1.29, 1.82) is 0 Å². The summed E-state index contributed by atoms with van der Waals surface area (Å²) in [5.74, 6) is -0.294. The number of hydrogen-bond acceptors (Lipinski definition) is 3. The number of nitrogens with zero attached hydrogens (tertiary/aromatic N) is 3. The van der Waals surface area contributed by atoms with Gasteiger partial charge in [-0.3, -0.25) is 9.67 Å². The molecule has 0 amide bonds. The van der Waals surface area contributed by atoms with Gasteiger partial charge in [0.05, 0.1) is 17.9 Å². The van der Waals surface area contributed by atoms with E-state index in [4.69, 9.17) is 0 Å². The van der Waals surface area contributed by atoms with E-state index in [-0.39, 0.29) is 11.9 Å². The van der Waals surface area contributed by atoms with Crippen LogP contribution in [0, 0.1) is 5.82 Å². The highest BCUT2D eigenvalue weighted by Crippen LogP contribution is 2.23. The molecule has 1 N–H and O–H groups in total. The maximum Gasteiger partial charge on any atom is 0.146 e. The van der Waals surface area contributed by atoms with Gasteiger partial charge < -0.3 is 5.32 Å². The summed E-state index contributed by atoms with van der Waals surface area (Å²) >= 11 is 0. The van der Waals surface area contributed by atoms with Crippen molar-refractivity contribution in [2.45, 2.75) is 32.9 Å². The van der Waals surface area contributed by atoms with Gasteiger partial charge in [-0.15, -0.1) is 0 Å². The summed E-state index contributed by atoms with van der Waals surface area (Å²) < 4.78 is 15.9. The molecule has 0 aliphatic heterocycles. The molecule has 0 aromatic carbocycles. The fourth-order valence-electron chi connectivity index (χ4n) is 2.18. The summed E-state index contributed by atoms with van der Waals surface area (Å²) in [6, 6.07) is 3.46. The van der Waals surface area contributed by atoms with Crippen LogP contribution in [-0.2, 0) is 6.54 Å². The van der Waals surface area contributed by atoms with E-state index in [1.54, 1.807) is 18.5 Å². The van der Waals surface area contributed by atoms with Crippen molar-refractivity contribution < 1.29 is 4.39 Å². The molecule has 0 aliphatic carbocycles. The molecule has 0 bridgehead atoms. The predicted octanol–water partition coefficient (Wildman–Crippen LogP) is 2.53. The lowest BCUT2D eigenvalue weighted by molar-refractivity contribution is 0.500. The lowest BCUT2D eigenvalue weighted by Gasteiger charge is -2.20. The molecule has 2 rings (SSSR count). The number of hydrogen-bond donors (Lipinski definition) is 1. The Morgan fingerprint density at radius 1 is 1.32 bits per heavy atom. The van der Waals surface area contributed by atoms with Crippen LogP contribution in [0.5, 0.6) is 0 Å². The number of aromatic nitrogens is 3. The molecule has 5 heteroatoms. The molecule has 0 saturated heterocycles. The molecule has 4 nitrogen and oxygen atoms in total. The second-order valence-electron chi connectivity index (χ2n) is 4.37. The quantitative estimate of drug-likeness (QED) is 0.870. The molecule has 2 aromatic heterocycles. The molecular formula is C14H19FN4. The summed E-state index contributed by atoms with van der Waals surface area (Å²) in [5.41, 5.74) is 1.59. The van der Waals surface area contributed by atoms with Gasteiger partial charge in [-0.2, -0.15) is 5.10 Å². The Balaban J connectivity index is 2.40. The topological polar surface area (TPSA) is 42.7 Å². The maximum atomic E-state index is 13.9. The summed E-state index contributed by atoms with van der Waals surface area (Å²) in [7, 11) is 0. The zero-order valence-electron chi connectivity index (χ0n) is 11.3. The molecule has 1 unspecified atom stereocenters. The van der Waals surface area contributed by atoms with Gasteiger partial charge in [-0.1, -0.05) is 13.8 Å².